The van der Waals surface area contributed by atoms with Crippen LogP contribution in [0.25, 0.3) is 0 Å². The average molecular weight is 279 g/mol. The Morgan fingerprint density at radius 3 is 2.67 bits per heavy atom. The molecule has 0 aliphatic heterocycles. The third-order valence-electron chi connectivity index (χ3n) is 1.94. The fourth-order valence-electron chi connectivity index (χ4n) is 1.22. The predicted molar refractivity (Wildman–Crippen MR) is 59.4 cm³/mol. The smallest absolute Gasteiger partial charge is 0.387 e. The van der Waals surface area contributed by atoms with Crippen LogP contribution >= 0.6 is 11.6 Å². The second-order valence-electron chi connectivity index (χ2n) is 3.09. The molecule has 0 radical (unpaired) electrons. The summed E-state index contributed by atoms with van der Waals surface area (Å²) in [7, 11) is 0. The van der Waals surface area contributed by atoms with Crippen molar-refractivity contribution in [3.05, 3.63) is 28.3 Å². The summed E-state index contributed by atoms with van der Waals surface area (Å²) < 4.78 is 33.1. The Kier molecular flexibility index (Phi) is 5.03. The van der Waals surface area contributed by atoms with Crippen LogP contribution in [-0.2, 0) is 4.74 Å². The SMILES string of the molecule is CCOC(=O)c1cc(OC(F)F)c(C=O)cc1Cl. The average Bonchev–Trinajstić information content (AvgIpc) is 2.30. The fourth-order valence-corrected chi connectivity index (χ4v) is 1.47. The molecule has 4 nitrogen and oxygen atoms in total. The highest BCUT2D eigenvalue weighted by atomic mass is 35.5. The third-order valence-corrected chi connectivity index (χ3v) is 2.25. The zero-order valence-corrected chi connectivity index (χ0v) is 10.0. The van der Waals surface area contributed by atoms with Crippen molar-refractivity contribution in [2.75, 3.05) is 6.61 Å². The molecule has 0 spiro atoms. The summed E-state index contributed by atoms with van der Waals surface area (Å²) in [5.41, 5.74) is -0.312. The highest BCUT2D eigenvalue weighted by molar-refractivity contribution is 6.34. The van der Waals surface area contributed by atoms with E-state index in [-0.39, 0.29) is 22.8 Å². The number of rotatable bonds is 5. The molecule has 1 aromatic rings. The second kappa shape index (κ2) is 6.30. The van der Waals surface area contributed by atoms with Crippen LogP contribution in [-0.4, -0.2) is 25.5 Å². The van der Waals surface area contributed by atoms with Crippen LogP contribution in [0.15, 0.2) is 12.1 Å². The van der Waals surface area contributed by atoms with E-state index in [4.69, 9.17) is 11.6 Å². The molecule has 1 aromatic carbocycles. The van der Waals surface area contributed by atoms with Crippen LogP contribution in [0.4, 0.5) is 8.78 Å². The van der Waals surface area contributed by atoms with Crippen molar-refractivity contribution >= 4 is 23.9 Å². The molecule has 0 atom stereocenters. The fraction of sp³-hybridized carbons (Fsp3) is 0.273. The van der Waals surface area contributed by atoms with Gasteiger partial charge in [-0.15, -0.1) is 0 Å². The lowest BCUT2D eigenvalue weighted by Crippen LogP contribution is -2.09. The number of alkyl halides is 2. The van der Waals surface area contributed by atoms with E-state index in [2.05, 4.69) is 9.47 Å². The molecular weight excluding hydrogens is 270 g/mol. The molecule has 0 aliphatic rings. The zero-order chi connectivity index (χ0) is 13.7. The molecule has 0 heterocycles. The van der Waals surface area contributed by atoms with Gasteiger partial charge in [0, 0.05) is 0 Å². The quantitative estimate of drug-likeness (QED) is 0.614. The summed E-state index contributed by atoms with van der Waals surface area (Å²) >= 11 is 5.74. The summed E-state index contributed by atoms with van der Waals surface area (Å²) in [5, 5.41) is -0.0721. The second-order valence-corrected chi connectivity index (χ2v) is 3.49. The van der Waals surface area contributed by atoms with Crippen molar-refractivity contribution < 1.29 is 27.8 Å². The minimum Gasteiger partial charge on any atom is -0.462 e. The lowest BCUT2D eigenvalue weighted by atomic mass is 10.1. The van der Waals surface area contributed by atoms with E-state index in [0.29, 0.717) is 6.29 Å². The maximum absolute atomic E-state index is 12.1. The first kappa shape index (κ1) is 14.4. The number of halogens is 3. The van der Waals surface area contributed by atoms with Gasteiger partial charge in [0.25, 0.3) is 0 Å². The standard InChI is InChI=1S/C11H9ClF2O4/c1-2-17-10(16)7-4-9(18-11(13)14)6(5-15)3-8(7)12/h3-5,11H,2H2,1H3. The van der Waals surface area contributed by atoms with Crippen molar-refractivity contribution in [2.24, 2.45) is 0 Å². The van der Waals surface area contributed by atoms with Crippen LogP contribution in [0.2, 0.25) is 5.02 Å². The van der Waals surface area contributed by atoms with E-state index in [9.17, 15) is 18.4 Å². The minimum atomic E-state index is -3.11. The molecular formula is C11H9ClF2O4. The maximum atomic E-state index is 12.1. The molecule has 18 heavy (non-hydrogen) atoms. The van der Waals surface area contributed by atoms with Gasteiger partial charge in [-0.25, -0.2) is 4.79 Å². The van der Waals surface area contributed by atoms with Gasteiger partial charge in [-0.05, 0) is 19.1 Å². The van der Waals surface area contributed by atoms with Crippen molar-refractivity contribution in [1.29, 1.82) is 0 Å². The summed E-state index contributed by atoms with van der Waals surface area (Å²) in [6.07, 6.45) is 0.304. The van der Waals surface area contributed by atoms with Gasteiger partial charge in [-0.3, -0.25) is 4.79 Å². The van der Waals surface area contributed by atoms with E-state index in [1.807, 2.05) is 0 Å². The van der Waals surface area contributed by atoms with Gasteiger partial charge in [-0.2, -0.15) is 8.78 Å². The Bertz CT molecular complexity index is 463. The Morgan fingerprint density at radius 2 is 2.17 bits per heavy atom. The number of hydrogen-bond donors (Lipinski definition) is 0. The summed E-state index contributed by atoms with van der Waals surface area (Å²) in [6.45, 7) is -1.42. The van der Waals surface area contributed by atoms with Crippen LogP contribution in [0.3, 0.4) is 0 Å². The Morgan fingerprint density at radius 1 is 1.50 bits per heavy atom. The van der Waals surface area contributed by atoms with Gasteiger partial charge >= 0.3 is 12.6 Å². The lowest BCUT2D eigenvalue weighted by molar-refractivity contribution is -0.0501. The van der Waals surface area contributed by atoms with Gasteiger partial charge in [0.15, 0.2) is 6.29 Å². The topological polar surface area (TPSA) is 52.6 Å². The maximum Gasteiger partial charge on any atom is 0.387 e. The molecule has 0 unspecified atom stereocenters. The van der Waals surface area contributed by atoms with E-state index in [0.717, 1.165) is 12.1 Å². The minimum absolute atomic E-state index is 0.0721. The Labute approximate surface area is 106 Å². The number of carbonyl (C=O) groups excluding carboxylic acids is 2. The number of benzene rings is 1. The van der Waals surface area contributed by atoms with Crippen molar-refractivity contribution in [3.8, 4) is 5.75 Å². The van der Waals surface area contributed by atoms with Crippen LogP contribution in [0.1, 0.15) is 27.6 Å². The number of carbonyl (C=O) groups is 2. The number of hydrogen-bond acceptors (Lipinski definition) is 4. The third kappa shape index (κ3) is 3.40. The molecule has 0 saturated heterocycles. The van der Waals surface area contributed by atoms with E-state index in [1.54, 1.807) is 6.92 Å². The number of ether oxygens (including phenoxy) is 2. The molecule has 0 amide bonds. The highest BCUT2D eigenvalue weighted by Crippen LogP contribution is 2.28. The summed E-state index contributed by atoms with van der Waals surface area (Å²) in [4.78, 5) is 22.1. The highest BCUT2D eigenvalue weighted by Gasteiger charge is 2.18. The molecule has 0 fully saturated rings. The molecule has 7 heteroatoms. The summed E-state index contributed by atoms with van der Waals surface area (Å²) in [6, 6.07) is 2.02. The van der Waals surface area contributed by atoms with Crippen LogP contribution in [0.5, 0.6) is 5.75 Å². The molecule has 0 saturated carbocycles. The van der Waals surface area contributed by atoms with E-state index >= 15 is 0 Å². The Balaban J connectivity index is 3.20. The molecule has 0 bridgehead atoms. The Hall–Kier alpha value is -1.69. The van der Waals surface area contributed by atoms with Gasteiger partial charge < -0.3 is 9.47 Å². The summed E-state index contributed by atoms with van der Waals surface area (Å²) in [5.74, 6) is -1.20. The number of aldehydes is 1. The molecule has 1 rings (SSSR count). The molecule has 98 valence electrons. The first-order valence-corrected chi connectivity index (χ1v) is 5.28. The monoisotopic (exact) mass is 278 g/mol. The van der Waals surface area contributed by atoms with E-state index < -0.39 is 18.3 Å². The molecule has 0 aromatic heterocycles. The van der Waals surface area contributed by atoms with Gasteiger partial charge in [0.1, 0.15) is 5.75 Å². The van der Waals surface area contributed by atoms with Crippen molar-refractivity contribution in [3.63, 3.8) is 0 Å². The van der Waals surface area contributed by atoms with Gasteiger partial charge in [0.05, 0.1) is 22.8 Å². The lowest BCUT2D eigenvalue weighted by Gasteiger charge is -2.10. The van der Waals surface area contributed by atoms with Crippen molar-refractivity contribution in [1.82, 2.24) is 0 Å². The zero-order valence-electron chi connectivity index (χ0n) is 9.28. The number of esters is 1. The van der Waals surface area contributed by atoms with Crippen molar-refractivity contribution in [2.45, 2.75) is 13.5 Å². The normalized spacial score (nSPS) is 10.3. The van der Waals surface area contributed by atoms with Crippen LogP contribution < -0.4 is 4.74 Å². The predicted octanol–water partition coefficient (Wildman–Crippen LogP) is 2.93. The first-order chi connectivity index (χ1) is 8.49. The largest absolute Gasteiger partial charge is 0.462 e. The first-order valence-electron chi connectivity index (χ1n) is 4.90. The van der Waals surface area contributed by atoms with E-state index in [1.165, 1.54) is 0 Å². The molecule has 0 N–H and O–H groups in total. The van der Waals surface area contributed by atoms with Gasteiger partial charge in [-0.1, -0.05) is 11.6 Å². The van der Waals surface area contributed by atoms with Crippen LogP contribution in [0, 0.1) is 0 Å². The van der Waals surface area contributed by atoms with Gasteiger partial charge in [0.2, 0.25) is 0 Å². The molecule has 0 aliphatic carbocycles.